The lowest BCUT2D eigenvalue weighted by Crippen LogP contribution is -2.12. The summed E-state index contributed by atoms with van der Waals surface area (Å²) in [6.45, 7) is 6.61. The molecule has 1 aromatic heterocycles. The fourth-order valence-electron chi connectivity index (χ4n) is 1.73. The van der Waals surface area contributed by atoms with Gasteiger partial charge in [0.15, 0.2) is 0 Å². The Morgan fingerprint density at radius 3 is 2.30 bits per heavy atom. The summed E-state index contributed by atoms with van der Waals surface area (Å²) in [4.78, 5) is 11.9. The molecule has 0 saturated carbocycles. The van der Waals surface area contributed by atoms with E-state index >= 15 is 0 Å². The normalized spacial score (nSPS) is 10.8. The molecule has 0 aliphatic rings. The van der Waals surface area contributed by atoms with Crippen molar-refractivity contribution in [3.8, 4) is 12.0 Å². The van der Waals surface area contributed by atoms with Gasteiger partial charge in [0.1, 0.15) is 0 Å². The average molecular weight is 282 g/mol. The van der Waals surface area contributed by atoms with Crippen LogP contribution in [0.3, 0.4) is 0 Å². The van der Waals surface area contributed by atoms with E-state index in [-0.39, 0.29) is 24.1 Å². The number of unbranched alkanes of at least 4 members (excludes halogenated alkanes) is 5. The molecule has 6 heteroatoms. The lowest BCUT2D eigenvalue weighted by atomic mass is 10.1. The van der Waals surface area contributed by atoms with Crippen LogP contribution in [-0.2, 0) is 0 Å². The quantitative estimate of drug-likeness (QED) is 0.664. The molecule has 1 rings (SSSR count). The van der Waals surface area contributed by atoms with Crippen LogP contribution >= 0.6 is 0 Å². The molecule has 0 bridgehead atoms. The van der Waals surface area contributed by atoms with Crippen molar-refractivity contribution in [2.45, 2.75) is 65.4 Å². The van der Waals surface area contributed by atoms with Gasteiger partial charge in [0.05, 0.1) is 12.7 Å². The monoisotopic (exact) mass is 282 g/mol. The van der Waals surface area contributed by atoms with Gasteiger partial charge in [0, 0.05) is 0 Å². The Labute approximate surface area is 121 Å². The van der Waals surface area contributed by atoms with Crippen LogP contribution in [0, 0.1) is 0 Å². The molecule has 0 aromatic carbocycles. The predicted molar refractivity (Wildman–Crippen MR) is 78.9 cm³/mol. The average Bonchev–Trinajstić information content (AvgIpc) is 2.36. The Kier molecular flexibility index (Phi) is 7.69. The largest absolute Gasteiger partial charge is 0.463 e. The smallest absolute Gasteiger partial charge is 0.324 e. The SMILES string of the molecule is CCCCCCCCOc1nc(N)nc(OC(C)C)n1. The molecular formula is C14H26N4O2. The maximum absolute atomic E-state index is 5.60. The second-order valence-electron chi connectivity index (χ2n) is 5.04. The molecule has 20 heavy (non-hydrogen) atoms. The van der Waals surface area contributed by atoms with Crippen LogP contribution in [0.1, 0.15) is 59.3 Å². The molecule has 1 heterocycles. The predicted octanol–water partition coefficient (Wildman–Crippen LogP) is 2.98. The maximum atomic E-state index is 5.60. The Morgan fingerprint density at radius 1 is 0.950 bits per heavy atom. The van der Waals surface area contributed by atoms with Crippen molar-refractivity contribution in [3.63, 3.8) is 0 Å². The zero-order chi connectivity index (χ0) is 14.8. The van der Waals surface area contributed by atoms with Gasteiger partial charge >= 0.3 is 12.0 Å². The molecule has 114 valence electrons. The van der Waals surface area contributed by atoms with E-state index in [0.717, 1.165) is 12.8 Å². The Bertz CT molecular complexity index is 385. The number of anilines is 1. The van der Waals surface area contributed by atoms with Gasteiger partial charge in [-0.15, -0.1) is 4.98 Å². The van der Waals surface area contributed by atoms with Crippen molar-refractivity contribution in [1.29, 1.82) is 0 Å². The molecule has 0 saturated heterocycles. The number of rotatable bonds is 10. The number of nitrogens with zero attached hydrogens (tertiary/aromatic N) is 3. The lowest BCUT2D eigenvalue weighted by molar-refractivity contribution is 0.212. The lowest BCUT2D eigenvalue weighted by Gasteiger charge is -2.09. The van der Waals surface area contributed by atoms with Gasteiger partial charge in [-0.3, -0.25) is 0 Å². The first kappa shape index (κ1) is 16.5. The van der Waals surface area contributed by atoms with Crippen LogP contribution in [0.2, 0.25) is 0 Å². The molecule has 0 unspecified atom stereocenters. The summed E-state index contributed by atoms with van der Waals surface area (Å²) in [7, 11) is 0. The van der Waals surface area contributed by atoms with Gasteiger partial charge < -0.3 is 15.2 Å². The highest BCUT2D eigenvalue weighted by Gasteiger charge is 2.08. The van der Waals surface area contributed by atoms with Gasteiger partial charge in [-0.05, 0) is 20.3 Å². The number of aromatic nitrogens is 3. The third kappa shape index (κ3) is 7.11. The Hall–Kier alpha value is -1.59. The van der Waals surface area contributed by atoms with Crippen LogP contribution in [0.15, 0.2) is 0 Å². The van der Waals surface area contributed by atoms with Crippen molar-refractivity contribution >= 4 is 5.95 Å². The number of nitrogens with two attached hydrogens (primary N) is 1. The first-order valence-corrected chi connectivity index (χ1v) is 7.42. The standard InChI is InChI=1S/C14H26N4O2/c1-4-5-6-7-8-9-10-19-13-16-12(15)17-14(18-13)20-11(2)3/h11H,4-10H2,1-3H3,(H2,15,16,17,18). The van der Waals surface area contributed by atoms with Gasteiger partial charge in [-0.2, -0.15) is 9.97 Å². The highest BCUT2D eigenvalue weighted by Crippen LogP contribution is 2.13. The third-order valence-electron chi connectivity index (χ3n) is 2.68. The zero-order valence-electron chi connectivity index (χ0n) is 12.8. The van der Waals surface area contributed by atoms with E-state index < -0.39 is 0 Å². The molecular weight excluding hydrogens is 256 g/mol. The summed E-state index contributed by atoms with van der Waals surface area (Å²) in [5.41, 5.74) is 5.60. The molecule has 6 nitrogen and oxygen atoms in total. The van der Waals surface area contributed by atoms with E-state index in [2.05, 4.69) is 21.9 Å². The summed E-state index contributed by atoms with van der Waals surface area (Å²) in [6.07, 6.45) is 7.26. The fourth-order valence-corrected chi connectivity index (χ4v) is 1.73. The second-order valence-corrected chi connectivity index (χ2v) is 5.04. The Balaban J connectivity index is 2.30. The van der Waals surface area contributed by atoms with Gasteiger partial charge in [-0.1, -0.05) is 39.0 Å². The van der Waals surface area contributed by atoms with Crippen molar-refractivity contribution in [3.05, 3.63) is 0 Å². The van der Waals surface area contributed by atoms with Gasteiger partial charge in [-0.25, -0.2) is 0 Å². The molecule has 0 radical (unpaired) electrons. The molecule has 0 spiro atoms. The number of nitrogen functional groups attached to an aromatic ring is 1. The minimum atomic E-state index is -0.0109. The summed E-state index contributed by atoms with van der Waals surface area (Å²) < 4.78 is 10.9. The number of hydrogen-bond donors (Lipinski definition) is 1. The van der Waals surface area contributed by atoms with E-state index in [1.165, 1.54) is 25.7 Å². The van der Waals surface area contributed by atoms with Crippen molar-refractivity contribution < 1.29 is 9.47 Å². The topological polar surface area (TPSA) is 83.2 Å². The van der Waals surface area contributed by atoms with Crippen LogP contribution in [-0.4, -0.2) is 27.7 Å². The molecule has 0 amide bonds. The first-order valence-electron chi connectivity index (χ1n) is 7.42. The fraction of sp³-hybridized carbons (Fsp3) is 0.786. The second kappa shape index (κ2) is 9.34. The van der Waals surface area contributed by atoms with Crippen molar-refractivity contribution in [1.82, 2.24) is 15.0 Å². The summed E-state index contributed by atoms with van der Waals surface area (Å²) in [5.74, 6) is 0.119. The molecule has 2 N–H and O–H groups in total. The van der Waals surface area contributed by atoms with Crippen LogP contribution in [0.4, 0.5) is 5.95 Å². The van der Waals surface area contributed by atoms with E-state index in [4.69, 9.17) is 15.2 Å². The minimum absolute atomic E-state index is 0.0109. The number of hydrogen-bond acceptors (Lipinski definition) is 6. The third-order valence-corrected chi connectivity index (χ3v) is 2.68. The highest BCUT2D eigenvalue weighted by molar-refractivity contribution is 5.20. The van der Waals surface area contributed by atoms with E-state index in [0.29, 0.717) is 6.61 Å². The summed E-state index contributed by atoms with van der Waals surface area (Å²) >= 11 is 0. The van der Waals surface area contributed by atoms with Gasteiger partial charge in [0.25, 0.3) is 0 Å². The maximum Gasteiger partial charge on any atom is 0.324 e. The van der Waals surface area contributed by atoms with Crippen LogP contribution in [0.5, 0.6) is 12.0 Å². The molecule has 0 aliphatic carbocycles. The van der Waals surface area contributed by atoms with Crippen molar-refractivity contribution in [2.24, 2.45) is 0 Å². The van der Waals surface area contributed by atoms with Crippen LogP contribution in [0.25, 0.3) is 0 Å². The molecule has 0 atom stereocenters. The van der Waals surface area contributed by atoms with Gasteiger partial charge in [0.2, 0.25) is 5.95 Å². The highest BCUT2D eigenvalue weighted by atomic mass is 16.5. The van der Waals surface area contributed by atoms with Crippen molar-refractivity contribution in [2.75, 3.05) is 12.3 Å². The molecule has 0 fully saturated rings. The molecule has 1 aromatic rings. The number of ether oxygens (including phenoxy) is 2. The van der Waals surface area contributed by atoms with E-state index in [1.54, 1.807) is 0 Å². The zero-order valence-corrected chi connectivity index (χ0v) is 12.8. The minimum Gasteiger partial charge on any atom is -0.463 e. The summed E-state index contributed by atoms with van der Waals surface area (Å²) in [6, 6.07) is 0.451. The Morgan fingerprint density at radius 2 is 1.60 bits per heavy atom. The molecule has 0 aliphatic heterocycles. The summed E-state index contributed by atoms with van der Waals surface area (Å²) in [5, 5.41) is 0. The van der Waals surface area contributed by atoms with E-state index in [1.807, 2.05) is 13.8 Å². The van der Waals surface area contributed by atoms with E-state index in [9.17, 15) is 0 Å². The first-order chi connectivity index (χ1) is 9.61. The van der Waals surface area contributed by atoms with Crippen LogP contribution < -0.4 is 15.2 Å².